The van der Waals surface area contributed by atoms with E-state index in [0.29, 0.717) is 5.92 Å². The van der Waals surface area contributed by atoms with Gasteiger partial charge in [0.05, 0.1) is 10.7 Å². The summed E-state index contributed by atoms with van der Waals surface area (Å²) >= 11 is 1.53. The number of hydrogen-bond donors (Lipinski definition) is 1. The molecule has 5 heteroatoms. The van der Waals surface area contributed by atoms with Crippen LogP contribution >= 0.6 is 11.3 Å². The van der Waals surface area contributed by atoms with Gasteiger partial charge >= 0.3 is 0 Å². The van der Waals surface area contributed by atoms with Gasteiger partial charge in [0, 0.05) is 5.92 Å². The normalized spacial score (nSPS) is 16.2. The molecule has 0 spiro atoms. The Balaban J connectivity index is 2.29. The average molecular weight is 235 g/mol. The van der Waals surface area contributed by atoms with Gasteiger partial charge in [-0.1, -0.05) is 13.8 Å². The summed E-state index contributed by atoms with van der Waals surface area (Å²) in [5, 5.41) is 7.77. The van der Waals surface area contributed by atoms with Crippen LogP contribution in [0, 0.1) is 0 Å². The predicted octanol–water partition coefficient (Wildman–Crippen LogP) is 2.38. The van der Waals surface area contributed by atoms with Crippen LogP contribution in [0.25, 0.3) is 10.2 Å². The van der Waals surface area contributed by atoms with Gasteiger partial charge in [0.15, 0.2) is 0 Å². The van der Waals surface area contributed by atoms with Gasteiger partial charge in [-0.25, -0.2) is 10.1 Å². The number of thiazole rings is 1. The number of fused-ring (bicyclic) bond motifs is 1. The molecule has 0 atom stereocenters. The molecule has 0 saturated heterocycles. The van der Waals surface area contributed by atoms with E-state index >= 15 is 0 Å². The highest BCUT2D eigenvalue weighted by Crippen LogP contribution is 2.43. The highest BCUT2D eigenvalue weighted by molar-refractivity contribution is 7.18. The third-order valence-corrected chi connectivity index (χ3v) is 4.06. The van der Waals surface area contributed by atoms with E-state index in [1.807, 2.05) is 0 Å². The Morgan fingerprint density at radius 1 is 1.44 bits per heavy atom. The molecule has 1 N–H and O–H groups in total. The van der Waals surface area contributed by atoms with Crippen molar-refractivity contribution in [2.45, 2.75) is 38.5 Å². The first-order chi connectivity index (χ1) is 7.66. The van der Waals surface area contributed by atoms with Crippen LogP contribution in [0.15, 0.2) is 4.79 Å². The second kappa shape index (κ2) is 3.38. The third-order valence-electron chi connectivity index (χ3n) is 2.84. The minimum atomic E-state index is -0.108. The van der Waals surface area contributed by atoms with Crippen molar-refractivity contribution in [3.63, 3.8) is 0 Å². The van der Waals surface area contributed by atoms with Gasteiger partial charge in [-0.15, -0.1) is 11.3 Å². The minimum Gasteiger partial charge on any atom is -0.266 e. The zero-order chi connectivity index (χ0) is 11.3. The van der Waals surface area contributed by atoms with E-state index < -0.39 is 0 Å². The SMILES string of the molecule is CC(C)c1n[nH]c(=O)c2sc(C3CC3)nc12. The van der Waals surface area contributed by atoms with E-state index in [-0.39, 0.29) is 11.5 Å². The van der Waals surface area contributed by atoms with Crippen LogP contribution in [-0.2, 0) is 0 Å². The minimum absolute atomic E-state index is 0.108. The maximum atomic E-state index is 11.7. The fraction of sp³-hybridized carbons (Fsp3) is 0.545. The summed E-state index contributed by atoms with van der Waals surface area (Å²) in [4.78, 5) is 16.3. The first-order valence-corrected chi connectivity index (χ1v) is 6.37. The van der Waals surface area contributed by atoms with Crippen LogP contribution in [0.2, 0.25) is 0 Å². The lowest BCUT2D eigenvalue weighted by Gasteiger charge is -2.02. The molecule has 0 bridgehead atoms. The second-order valence-corrected chi connectivity index (χ2v) is 5.63. The second-order valence-electron chi connectivity index (χ2n) is 4.60. The highest BCUT2D eigenvalue weighted by atomic mass is 32.1. The van der Waals surface area contributed by atoms with Gasteiger partial charge in [0.25, 0.3) is 5.56 Å². The largest absolute Gasteiger partial charge is 0.283 e. The van der Waals surface area contributed by atoms with E-state index in [1.165, 1.54) is 24.2 Å². The number of aromatic nitrogens is 3. The Kier molecular flexibility index (Phi) is 2.10. The van der Waals surface area contributed by atoms with Crippen molar-refractivity contribution in [2.24, 2.45) is 0 Å². The van der Waals surface area contributed by atoms with E-state index in [1.54, 1.807) is 0 Å². The van der Waals surface area contributed by atoms with Crippen LogP contribution in [0.1, 0.15) is 49.2 Å². The van der Waals surface area contributed by atoms with Gasteiger partial charge in [-0.3, -0.25) is 4.79 Å². The molecule has 0 radical (unpaired) electrons. The molecule has 1 fully saturated rings. The van der Waals surface area contributed by atoms with Gasteiger partial charge in [-0.05, 0) is 18.8 Å². The van der Waals surface area contributed by atoms with E-state index in [9.17, 15) is 4.79 Å². The molecular weight excluding hydrogens is 222 g/mol. The first-order valence-electron chi connectivity index (χ1n) is 5.56. The molecule has 4 nitrogen and oxygen atoms in total. The Morgan fingerprint density at radius 3 is 2.81 bits per heavy atom. The molecular formula is C11H13N3OS. The molecule has 1 aliphatic rings. The summed E-state index contributed by atoms with van der Waals surface area (Å²) in [6.07, 6.45) is 2.42. The lowest BCUT2D eigenvalue weighted by atomic mass is 10.1. The summed E-state index contributed by atoms with van der Waals surface area (Å²) in [6.45, 7) is 4.13. The average Bonchev–Trinajstić information content (AvgIpc) is 2.98. The van der Waals surface area contributed by atoms with Crippen LogP contribution in [0.3, 0.4) is 0 Å². The molecule has 16 heavy (non-hydrogen) atoms. The summed E-state index contributed by atoms with van der Waals surface area (Å²) in [6, 6.07) is 0. The third kappa shape index (κ3) is 1.46. The van der Waals surface area contributed by atoms with Crippen molar-refractivity contribution in [1.29, 1.82) is 0 Å². The zero-order valence-corrected chi connectivity index (χ0v) is 10.1. The molecule has 2 aromatic heterocycles. The van der Waals surface area contributed by atoms with Gasteiger partial charge in [0.1, 0.15) is 10.2 Å². The molecule has 0 aromatic carbocycles. The number of rotatable bonds is 2. The molecule has 2 aromatic rings. The van der Waals surface area contributed by atoms with E-state index in [0.717, 1.165) is 20.9 Å². The number of H-pyrrole nitrogens is 1. The first kappa shape index (κ1) is 9.96. The molecule has 0 unspecified atom stereocenters. The van der Waals surface area contributed by atoms with Crippen LogP contribution in [0.4, 0.5) is 0 Å². The summed E-state index contributed by atoms with van der Waals surface area (Å²) in [7, 11) is 0. The molecule has 84 valence electrons. The van der Waals surface area contributed by atoms with Crippen LogP contribution in [0.5, 0.6) is 0 Å². The van der Waals surface area contributed by atoms with Gasteiger partial charge in [-0.2, -0.15) is 5.10 Å². The van der Waals surface area contributed by atoms with E-state index in [2.05, 4.69) is 29.0 Å². The number of nitrogens with zero attached hydrogens (tertiary/aromatic N) is 2. The van der Waals surface area contributed by atoms with Crippen molar-refractivity contribution in [3.8, 4) is 0 Å². The molecule has 2 heterocycles. The number of nitrogens with one attached hydrogen (secondary N) is 1. The van der Waals surface area contributed by atoms with Gasteiger partial charge < -0.3 is 0 Å². The standard InChI is InChI=1S/C11H13N3OS/c1-5(2)7-8-9(10(15)14-13-7)16-11(12-8)6-3-4-6/h5-6H,3-4H2,1-2H3,(H,14,15). The Hall–Kier alpha value is -1.23. The summed E-state index contributed by atoms with van der Waals surface area (Å²) in [5.41, 5.74) is 1.60. The lowest BCUT2D eigenvalue weighted by molar-refractivity contribution is 0.789. The van der Waals surface area contributed by atoms with Crippen molar-refractivity contribution in [2.75, 3.05) is 0 Å². The Bertz CT molecular complexity index is 595. The molecule has 1 aliphatic carbocycles. The van der Waals surface area contributed by atoms with Crippen molar-refractivity contribution in [1.82, 2.24) is 15.2 Å². The fourth-order valence-corrected chi connectivity index (χ4v) is 2.92. The quantitative estimate of drug-likeness (QED) is 0.869. The molecule has 3 rings (SSSR count). The highest BCUT2D eigenvalue weighted by Gasteiger charge is 2.28. The van der Waals surface area contributed by atoms with Gasteiger partial charge in [0.2, 0.25) is 0 Å². The van der Waals surface area contributed by atoms with Crippen LogP contribution in [-0.4, -0.2) is 15.2 Å². The monoisotopic (exact) mass is 235 g/mol. The topological polar surface area (TPSA) is 58.6 Å². The van der Waals surface area contributed by atoms with Crippen molar-refractivity contribution in [3.05, 3.63) is 21.1 Å². The van der Waals surface area contributed by atoms with Crippen molar-refractivity contribution < 1.29 is 0 Å². The smallest absolute Gasteiger partial charge is 0.266 e. The number of aromatic amines is 1. The summed E-state index contributed by atoms with van der Waals surface area (Å²) < 4.78 is 0.737. The fourth-order valence-electron chi connectivity index (χ4n) is 1.79. The summed E-state index contributed by atoms with van der Waals surface area (Å²) in [5.74, 6) is 0.880. The van der Waals surface area contributed by atoms with Crippen LogP contribution < -0.4 is 5.56 Å². The van der Waals surface area contributed by atoms with Crippen molar-refractivity contribution >= 4 is 21.6 Å². The maximum absolute atomic E-state index is 11.7. The molecule has 0 amide bonds. The van der Waals surface area contributed by atoms with E-state index in [4.69, 9.17) is 0 Å². The zero-order valence-electron chi connectivity index (χ0n) is 9.28. The maximum Gasteiger partial charge on any atom is 0.283 e. The predicted molar refractivity (Wildman–Crippen MR) is 64.1 cm³/mol. The number of hydrogen-bond acceptors (Lipinski definition) is 4. The molecule has 0 aliphatic heterocycles. The Labute approximate surface area is 96.7 Å². The molecule has 1 saturated carbocycles. The Morgan fingerprint density at radius 2 is 2.19 bits per heavy atom. The lowest BCUT2D eigenvalue weighted by Crippen LogP contribution is -2.10.